The second-order valence-electron chi connectivity index (χ2n) is 5.80. The molecule has 5 atom stereocenters. The fraction of sp³-hybridized carbons (Fsp3) is 0.467. The predicted molar refractivity (Wildman–Crippen MR) is 67.0 cm³/mol. The van der Waals surface area contributed by atoms with Gasteiger partial charge >= 0.3 is 0 Å². The van der Waals surface area contributed by atoms with E-state index in [-0.39, 0.29) is 42.2 Å². The van der Waals surface area contributed by atoms with Gasteiger partial charge in [0.1, 0.15) is 0 Å². The van der Waals surface area contributed by atoms with Crippen LogP contribution in [0, 0.1) is 17.8 Å². The van der Waals surface area contributed by atoms with Gasteiger partial charge in [-0.3, -0.25) is 9.59 Å². The van der Waals surface area contributed by atoms with Crippen LogP contribution in [-0.2, 0) is 14.3 Å². The summed E-state index contributed by atoms with van der Waals surface area (Å²) in [5, 5.41) is 0. The SMILES string of the molecule is O=C(c1ccc2c(c1)OCO2)[C@@H]1[C@H]2C(=O)[C@@H]3OC[C@@H](O3)[C@@H]12. The molecule has 3 heterocycles. The summed E-state index contributed by atoms with van der Waals surface area (Å²) in [6, 6.07) is 5.14. The van der Waals surface area contributed by atoms with E-state index >= 15 is 0 Å². The molecule has 0 aromatic heterocycles. The van der Waals surface area contributed by atoms with Gasteiger partial charge in [0.25, 0.3) is 0 Å². The summed E-state index contributed by atoms with van der Waals surface area (Å²) in [5.74, 6) is 0.560. The molecule has 2 saturated heterocycles. The van der Waals surface area contributed by atoms with Crippen molar-refractivity contribution in [2.45, 2.75) is 12.4 Å². The van der Waals surface area contributed by atoms with Crippen LogP contribution >= 0.6 is 0 Å². The van der Waals surface area contributed by atoms with Crippen LogP contribution in [-0.4, -0.2) is 37.4 Å². The van der Waals surface area contributed by atoms with Crippen LogP contribution in [0.2, 0.25) is 0 Å². The Morgan fingerprint density at radius 1 is 1.19 bits per heavy atom. The van der Waals surface area contributed by atoms with Gasteiger partial charge in [0.05, 0.1) is 12.7 Å². The lowest BCUT2D eigenvalue weighted by molar-refractivity contribution is -0.153. The summed E-state index contributed by atoms with van der Waals surface area (Å²) in [6.07, 6.45) is -0.883. The van der Waals surface area contributed by atoms with E-state index in [1.807, 2.05) is 0 Å². The molecule has 1 saturated carbocycles. The maximum atomic E-state index is 12.7. The zero-order chi connectivity index (χ0) is 14.1. The number of ether oxygens (including phenoxy) is 4. The number of rotatable bonds is 2. The average molecular weight is 288 g/mol. The molecule has 6 heteroatoms. The van der Waals surface area contributed by atoms with Crippen LogP contribution in [0.1, 0.15) is 10.4 Å². The molecule has 2 bridgehead atoms. The Hall–Kier alpha value is -1.92. The van der Waals surface area contributed by atoms with Gasteiger partial charge in [-0.1, -0.05) is 0 Å². The molecule has 3 aliphatic heterocycles. The molecule has 4 aliphatic rings. The summed E-state index contributed by atoms with van der Waals surface area (Å²) in [4.78, 5) is 24.8. The van der Waals surface area contributed by atoms with Gasteiger partial charge in [-0.25, -0.2) is 0 Å². The van der Waals surface area contributed by atoms with E-state index in [4.69, 9.17) is 18.9 Å². The van der Waals surface area contributed by atoms with Crippen molar-refractivity contribution in [3.63, 3.8) is 0 Å². The molecule has 0 radical (unpaired) electrons. The molecule has 108 valence electrons. The zero-order valence-electron chi connectivity index (χ0n) is 11.0. The molecule has 1 aromatic rings. The van der Waals surface area contributed by atoms with Crippen LogP contribution in [0.5, 0.6) is 11.5 Å². The van der Waals surface area contributed by atoms with Gasteiger partial charge < -0.3 is 18.9 Å². The highest BCUT2D eigenvalue weighted by Gasteiger charge is 2.68. The van der Waals surface area contributed by atoms with Gasteiger partial charge in [0, 0.05) is 23.3 Å². The van der Waals surface area contributed by atoms with Crippen molar-refractivity contribution < 1.29 is 28.5 Å². The third-order valence-corrected chi connectivity index (χ3v) is 4.74. The Morgan fingerprint density at radius 3 is 2.95 bits per heavy atom. The van der Waals surface area contributed by atoms with Gasteiger partial charge in [-0.05, 0) is 18.2 Å². The summed E-state index contributed by atoms with van der Waals surface area (Å²) >= 11 is 0. The molecule has 0 spiro atoms. The fourth-order valence-corrected chi connectivity index (χ4v) is 3.67. The highest BCUT2D eigenvalue weighted by Crippen LogP contribution is 2.57. The van der Waals surface area contributed by atoms with E-state index in [1.165, 1.54) is 0 Å². The number of Topliss-reactive ketones (excluding diaryl/α,β-unsaturated/α-hetero) is 2. The molecule has 0 amide bonds. The number of hydrogen-bond donors (Lipinski definition) is 0. The lowest BCUT2D eigenvalue weighted by Crippen LogP contribution is -2.30. The van der Waals surface area contributed by atoms with E-state index in [1.54, 1.807) is 18.2 Å². The van der Waals surface area contributed by atoms with Gasteiger partial charge in [0.2, 0.25) is 13.1 Å². The maximum Gasteiger partial charge on any atom is 0.231 e. The van der Waals surface area contributed by atoms with Crippen molar-refractivity contribution in [2.75, 3.05) is 13.4 Å². The summed E-state index contributed by atoms with van der Waals surface area (Å²) in [6.45, 7) is 0.581. The van der Waals surface area contributed by atoms with Gasteiger partial charge in [-0.2, -0.15) is 0 Å². The van der Waals surface area contributed by atoms with E-state index in [9.17, 15) is 9.59 Å². The molecular formula is C15H12O6. The topological polar surface area (TPSA) is 71.1 Å². The second kappa shape index (κ2) is 3.84. The molecule has 1 aliphatic carbocycles. The number of carbonyl (C=O) groups is 2. The Bertz CT molecular complexity index is 668. The number of benzene rings is 1. The molecule has 3 fully saturated rings. The first-order chi connectivity index (χ1) is 10.2. The van der Waals surface area contributed by atoms with E-state index in [0.29, 0.717) is 23.7 Å². The Balaban J connectivity index is 1.44. The number of fused-ring (bicyclic) bond motifs is 5. The first-order valence-corrected chi connectivity index (χ1v) is 6.99. The number of carbonyl (C=O) groups excluding carboxylic acids is 2. The van der Waals surface area contributed by atoms with Crippen molar-refractivity contribution >= 4 is 11.6 Å². The van der Waals surface area contributed by atoms with Crippen molar-refractivity contribution in [2.24, 2.45) is 17.8 Å². The molecule has 21 heavy (non-hydrogen) atoms. The van der Waals surface area contributed by atoms with Crippen LogP contribution in [0.25, 0.3) is 0 Å². The van der Waals surface area contributed by atoms with Crippen LogP contribution in [0.3, 0.4) is 0 Å². The molecule has 1 aromatic carbocycles. The standard InChI is InChI=1S/C15H12O6/c16-13(6-1-2-7-8(3-6)20-5-19-7)11-10-9-4-18-15(21-9)14(17)12(10)11/h1-3,9-12,15H,4-5H2/t9-,10+,11+,12+,15-/m1/s1. The third kappa shape index (κ3) is 1.49. The molecule has 0 unspecified atom stereocenters. The number of hydrogen-bond acceptors (Lipinski definition) is 6. The molecule has 5 rings (SSSR count). The Labute approximate surface area is 119 Å². The minimum Gasteiger partial charge on any atom is -0.454 e. The normalized spacial score (nSPS) is 38.3. The summed E-state index contributed by atoms with van der Waals surface area (Å²) in [7, 11) is 0. The van der Waals surface area contributed by atoms with Crippen molar-refractivity contribution in [1.82, 2.24) is 0 Å². The van der Waals surface area contributed by atoms with Gasteiger partial charge in [0.15, 0.2) is 23.1 Å². The molecular weight excluding hydrogens is 276 g/mol. The van der Waals surface area contributed by atoms with Crippen LogP contribution < -0.4 is 9.47 Å². The quantitative estimate of drug-likeness (QED) is 0.749. The van der Waals surface area contributed by atoms with Crippen molar-refractivity contribution in [3.8, 4) is 11.5 Å². The lowest BCUT2D eigenvalue weighted by atomic mass is 10.0. The number of ketones is 2. The first-order valence-electron chi connectivity index (χ1n) is 6.99. The van der Waals surface area contributed by atoms with Crippen molar-refractivity contribution in [3.05, 3.63) is 23.8 Å². The highest BCUT2D eigenvalue weighted by atomic mass is 16.7. The van der Waals surface area contributed by atoms with E-state index in [2.05, 4.69) is 0 Å². The minimum atomic E-state index is -0.759. The maximum absolute atomic E-state index is 12.7. The van der Waals surface area contributed by atoms with Crippen molar-refractivity contribution in [1.29, 1.82) is 0 Å². The highest BCUT2D eigenvalue weighted by molar-refractivity contribution is 6.06. The minimum absolute atomic E-state index is 0.0206. The van der Waals surface area contributed by atoms with E-state index in [0.717, 1.165) is 0 Å². The van der Waals surface area contributed by atoms with Gasteiger partial charge in [-0.15, -0.1) is 0 Å². The smallest absolute Gasteiger partial charge is 0.231 e. The zero-order valence-corrected chi connectivity index (χ0v) is 11.0. The Kier molecular flexibility index (Phi) is 2.14. The third-order valence-electron chi connectivity index (χ3n) is 4.74. The summed E-state index contributed by atoms with van der Waals surface area (Å²) < 4.78 is 21.3. The molecule has 0 N–H and O–H groups in total. The summed E-state index contributed by atoms with van der Waals surface area (Å²) in [5.41, 5.74) is 0.559. The monoisotopic (exact) mass is 288 g/mol. The average Bonchev–Trinajstić information content (AvgIpc) is 2.88. The van der Waals surface area contributed by atoms with Crippen LogP contribution in [0.15, 0.2) is 18.2 Å². The first kappa shape index (κ1) is 11.7. The lowest BCUT2D eigenvalue weighted by Gasteiger charge is -2.14. The predicted octanol–water partition coefficient (Wildman–Crippen LogP) is 0.784. The second-order valence-corrected chi connectivity index (χ2v) is 5.80. The molecule has 6 nitrogen and oxygen atoms in total. The Morgan fingerprint density at radius 2 is 2.05 bits per heavy atom. The van der Waals surface area contributed by atoms with E-state index < -0.39 is 6.29 Å². The fourth-order valence-electron chi connectivity index (χ4n) is 3.67. The van der Waals surface area contributed by atoms with Crippen LogP contribution in [0.4, 0.5) is 0 Å². The largest absolute Gasteiger partial charge is 0.454 e.